The van der Waals surface area contributed by atoms with Crippen LogP contribution in [0.5, 0.6) is 5.75 Å². The van der Waals surface area contributed by atoms with Crippen molar-refractivity contribution in [1.29, 1.82) is 0 Å². The van der Waals surface area contributed by atoms with E-state index in [1.807, 2.05) is 63.2 Å². The molecule has 36 heavy (non-hydrogen) atoms. The van der Waals surface area contributed by atoms with E-state index in [0.717, 1.165) is 28.3 Å². The molecule has 0 aliphatic rings. The Hall–Kier alpha value is -4.12. The van der Waals surface area contributed by atoms with Crippen molar-refractivity contribution in [2.24, 2.45) is 0 Å². The van der Waals surface area contributed by atoms with Crippen molar-refractivity contribution in [3.05, 3.63) is 92.0 Å². The zero-order valence-electron chi connectivity index (χ0n) is 20.1. The van der Waals surface area contributed by atoms with Gasteiger partial charge in [-0.05, 0) is 68.3 Å². The van der Waals surface area contributed by atoms with Crippen LogP contribution >= 0.6 is 11.8 Å². The van der Waals surface area contributed by atoms with Gasteiger partial charge in [-0.2, -0.15) is 0 Å². The molecule has 10 nitrogen and oxygen atoms in total. The van der Waals surface area contributed by atoms with Gasteiger partial charge < -0.3 is 15.0 Å². The first kappa shape index (κ1) is 25.0. The van der Waals surface area contributed by atoms with E-state index in [-0.39, 0.29) is 18.1 Å². The van der Waals surface area contributed by atoms with Crippen LogP contribution in [0.4, 0.5) is 5.69 Å². The van der Waals surface area contributed by atoms with E-state index in [0.29, 0.717) is 23.3 Å². The van der Waals surface area contributed by atoms with Crippen LogP contribution in [-0.2, 0) is 11.2 Å². The molecule has 2 aromatic heterocycles. The van der Waals surface area contributed by atoms with Crippen LogP contribution in [0, 0.1) is 13.8 Å². The lowest BCUT2D eigenvalue weighted by Gasteiger charge is -2.12. The molecule has 3 N–H and O–H groups in total. The van der Waals surface area contributed by atoms with Gasteiger partial charge in [-0.25, -0.2) is 4.79 Å². The molecule has 0 fully saturated rings. The molecule has 2 heterocycles. The minimum atomic E-state index is -0.595. The summed E-state index contributed by atoms with van der Waals surface area (Å²) in [5.41, 5.74) is 2.92. The number of nitrogens with zero attached hydrogens (tertiary/aromatic N) is 3. The number of hydrogen-bond acceptors (Lipinski definition) is 7. The molecule has 4 aromatic rings. The lowest BCUT2D eigenvalue weighted by molar-refractivity contribution is -0.113. The van der Waals surface area contributed by atoms with Crippen LogP contribution in [0.25, 0.3) is 5.69 Å². The number of aromatic amines is 2. The third-order valence-electron chi connectivity index (χ3n) is 5.11. The van der Waals surface area contributed by atoms with Crippen molar-refractivity contribution in [2.75, 3.05) is 17.7 Å². The van der Waals surface area contributed by atoms with Gasteiger partial charge in [0.2, 0.25) is 5.91 Å². The molecule has 0 unspecified atom stereocenters. The highest BCUT2D eigenvalue weighted by Gasteiger charge is 2.17. The number of hydrogen-bond donors (Lipinski definition) is 3. The Morgan fingerprint density at radius 2 is 1.75 bits per heavy atom. The van der Waals surface area contributed by atoms with Gasteiger partial charge in [0.25, 0.3) is 5.56 Å². The van der Waals surface area contributed by atoms with Crippen molar-refractivity contribution in [2.45, 2.75) is 32.3 Å². The van der Waals surface area contributed by atoms with Gasteiger partial charge in [-0.15, -0.1) is 10.2 Å². The summed E-state index contributed by atoms with van der Waals surface area (Å²) in [4.78, 5) is 40.9. The molecule has 0 aliphatic carbocycles. The Labute approximate surface area is 211 Å². The molecule has 4 rings (SSSR count). The maximum atomic E-state index is 12.7. The summed E-state index contributed by atoms with van der Waals surface area (Å²) in [5, 5.41) is 12.0. The highest BCUT2D eigenvalue weighted by molar-refractivity contribution is 7.99. The smallest absolute Gasteiger partial charge is 0.325 e. The zero-order chi connectivity index (χ0) is 25.7. The highest BCUT2D eigenvalue weighted by atomic mass is 32.2. The average Bonchev–Trinajstić information content (AvgIpc) is 3.19. The fourth-order valence-electron chi connectivity index (χ4n) is 3.78. The summed E-state index contributed by atoms with van der Waals surface area (Å²) in [7, 11) is 0. The van der Waals surface area contributed by atoms with Crippen LogP contribution in [0.1, 0.15) is 29.6 Å². The normalized spacial score (nSPS) is 10.9. The van der Waals surface area contributed by atoms with Crippen molar-refractivity contribution >= 4 is 23.4 Å². The van der Waals surface area contributed by atoms with Crippen LogP contribution in [0.15, 0.2) is 63.3 Å². The number of anilines is 1. The molecular formula is C25H26N6O4S. The van der Waals surface area contributed by atoms with Crippen LogP contribution in [0.3, 0.4) is 0 Å². The number of carbonyl (C=O) groups excluding carboxylic acids is 1. The Balaban J connectivity index is 1.59. The Kier molecular flexibility index (Phi) is 7.69. The fourth-order valence-corrected chi connectivity index (χ4v) is 4.56. The summed E-state index contributed by atoms with van der Waals surface area (Å²) in [6.07, 6.45) is 0.161. The minimum absolute atomic E-state index is 0.115. The van der Waals surface area contributed by atoms with Crippen molar-refractivity contribution in [3.8, 4) is 11.4 Å². The van der Waals surface area contributed by atoms with Crippen molar-refractivity contribution < 1.29 is 9.53 Å². The maximum Gasteiger partial charge on any atom is 0.325 e. The molecule has 0 atom stereocenters. The third kappa shape index (κ3) is 6.30. The number of carbonyl (C=O) groups is 1. The van der Waals surface area contributed by atoms with E-state index in [1.54, 1.807) is 4.57 Å². The number of aromatic nitrogens is 5. The van der Waals surface area contributed by atoms with Gasteiger partial charge in [0.05, 0.1) is 12.4 Å². The molecule has 186 valence electrons. The van der Waals surface area contributed by atoms with E-state index in [9.17, 15) is 14.4 Å². The van der Waals surface area contributed by atoms with Gasteiger partial charge in [-0.1, -0.05) is 17.8 Å². The molecular weight excluding hydrogens is 480 g/mol. The molecule has 2 aromatic carbocycles. The number of aryl methyl sites for hydroxylation is 2. The predicted molar refractivity (Wildman–Crippen MR) is 138 cm³/mol. The van der Waals surface area contributed by atoms with Gasteiger partial charge in [0.15, 0.2) is 5.16 Å². The van der Waals surface area contributed by atoms with Crippen LogP contribution in [-0.4, -0.2) is 43.0 Å². The van der Waals surface area contributed by atoms with Crippen LogP contribution in [0.2, 0.25) is 0 Å². The van der Waals surface area contributed by atoms with Gasteiger partial charge >= 0.3 is 5.69 Å². The molecule has 0 radical (unpaired) electrons. The predicted octanol–water partition coefficient (Wildman–Crippen LogP) is 2.98. The molecule has 0 bridgehead atoms. The number of nitrogens with one attached hydrogen (secondary N) is 3. The third-order valence-corrected chi connectivity index (χ3v) is 6.04. The average molecular weight is 507 g/mol. The zero-order valence-corrected chi connectivity index (χ0v) is 20.9. The molecule has 0 saturated heterocycles. The van der Waals surface area contributed by atoms with Crippen molar-refractivity contribution in [1.82, 2.24) is 24.7 Å². The standard InChI is InChI=1S/C25H26N6O4S/c1-4-35-20-7-5-19(6-8-20)31-21(12-18-13-22(32)28-24(34)27-18)29-30-25(31)36-14-23(33)26-17-10-15(2)9-16(3)11-17/h5-11,13H,4,12,14H2,1-3H3,(H,26,33)(H2,27,28,32,34). The van der Waals surface area contributed by atoms with E-state index < -0.39 is 11.2 Å². The molecule has 0 spiro atoms. The van der Waals surface area contributed by atoms with Gasteiger partial charge in [-0.3, -0.25) is 19.1 Å². The number of ether oxygens (including phenoxy) is 1. The minimum Gasteiger partial charge on any atom is -0.494 e. The molecule has 11 heteroatoms. The second-order valence-electron chi connectivity index (χ2n) is 8.16. The Bertz CT molecular complexity index is 1440. The summed E-state index contributed by atoms with van der Waals surface area (Å²) >= 11 is 1.24. The van der Waals surface area contributed by atoms with Crippen LogP contribution < -0.4 is 21.3 Å². The lowest BCUT2D eigenvalue weighted by Crippen LogP contribution is -2.23. The first-order valence-corrected chi connectivity index (χ1v) is 12.3. The Morgan fingerprint density at radius 3 is 2.42 bits per heavy atom. The number of H-pyrrole nitrogens is 2. The molecule has 0 aliphatic heterocycles. The molecule has 1 amide bonds. The second kappa shape index (κ2) is 11.1. The highest BCUT2D eigenvalue weighted by Crippen LogP contribution is 2.25. The number of amides is 1. The summed E-state index contributed by atoms with van der Waals surface area (Å²) in [6.45, 7) is 6.41. The maximum absolute atomic E-state index is 12.7. The topological polar surface area (TPSA) is 135 Å². The van der Waals surface area contributed by atoms with Gasteiger partial charge in [0, 0.05) is 29.6 Å². The van der Waals surface area contributed by atoms with Crippen molar-refractivity contribution in [3.63, 3.8) is 0 Å². The van der Waals surface area contributed by atoms with E-state index in [1.165, 1.54) is 17.8 Å². The monoisotopic (exact) mass is 506 g/mol. The SMILES string of the molecule is CCOc1ccc(-n2c(Cc3cc(=O)[nH]c(=O)[nH]3)nnc2SCC(=O)Nc2cc(C)cc(C)c2)cc1. The van der Waals surface area contributed by atoms with E-state index in [2.05, 4.69) is 25.5 Å². The quantitative estimate of drug-likeness (QED) is 0.297. The second-order valence-corrected chi connectivity index (χ2v) is 9.11. The van der Waals surface area contributed by atoms with E-state index in [4.69, 9.17) is 4.74 Å². The molecule has 0 saturated carbocycles. The number of benzene rings is 2. The summed E-state index contributed by atoms with van der Waals surface area (Å²) in [5.74, 6) is 1.16. The largest absolute Gasteiger partial charge is 0.494 e. The Morgan fingerprint density at radius 1 is 1.03 bits per heavy atom. The number of rotatable bonds is 9. The first-order chi connectivity index (χ1) is 17.3. The summed E-state index contributed by atoms with van der Waals surface area (Å²) < 4.78 is 7.33. The van der Waals surface area contributed by atoms with E-state index >= 15 is 0 Å². The lowest BCUT2D eigenvalue weighted by atomic mass is 10.1. The fraction of sp³-hybridized carbons (Fsp3) is 0.240. The first-order valence-electron chi connectivity index (χ1n) is 11.3. The van der Waals surface area contributed by atoms with Gasteiger partial charge in [0.1, 0.15) is 11.6 Å². The summed E-state index contributed by atoms with van der Waals surface area (Å²) in [6, 6.07) is 14.6. The number of thioether (sulfide) groups is 1.